The highest BCUT2D eigenvalue weighted by atomic mass is 16.5. The van der Waals surface area contributed by atoms with Crippen LogP contribution in [0, 0.1) is 11.3 Å². The number of carbonyl (C=O) groups is 4. The molecule has 0 saturated carbocycles. The van der Waals surface area contributed by atoms with Crippen LogP contribution in [0.2, 0.25) is 0 Å². The Bertz CT molecular complexity index is 831. The van der Waals surface area contributed by atoms with Crippen molar-refractivity contribution in [2.75, 3.05) is 38.6 Å². The number of amides is 3. The molecule has 8 nitrogen and oxygen atoms in total. The van der Waals surface area contributed by atoms with Gasteiger partial charge in [-0.2, -0.15) is 0 Å². The second-order valence-corrected chi connectivity index (χ2v) is 8.88. The van der Waals surface area contributed by atoms with E-state index >= 15 is 0 Å². The fourth-order valence-corrected chi connectivity index (χ4v) is 3.30. The first-order chi connectivity index (χ1) is 14.5. The van der Waals surface area contributed by atoms with Crippen LogP contribution in [0.5, 0.6) is 0 Å². The molecule has 1 aromatic rings. The van der Waals surface area contributed by atoms with Gasteiger partial charge in [-0.05, 0) is 38.0 Å². The molecule has 1 fully saturated rings. The number of anilines is 1. The molecule has 0 aromatic heterocycles. The van der Waals surface area contributed by atoms with E-state index in [0.717, 1.165) is 6.42 Å². The van der Waals surface area contributed by atoms with Gasteiger partial charge in [0.15, 0.2) is 0 Å². The lowest BCUT2D eigenvalue weighted by Gasteiger charge is -2.32. The molecule has 0 aliphatic carbocycles. The summed E-state index contributed by atoms with van der Waals surface area (Å²) in [5.41, 5.74) is 0.350. The summed E-state index contributed by atoms with van der Waals surface area (Å²) in [6.07, 6.45) is 1.42. The number of nitrogens with zero attached hydrogens (tertiary/aromatic N) is 2. The minimum absolute atomic E-state index is 0.0903. The minimum Gasteiger partial charge on any atom is -0.466 e. The van der Waals surface area contributed by atoms with E-state index in [2.05, 4.69) is 5.32 Å². The number of esters is 1. The molecule has 1 N–H and O–H groups in total. The van der Waals surface area contributed by atoms with Crippen LogP contribution in [-0.4, -0.2) is 66.8 Å². The predicted octanol–water partition coefficient (Wildman–Crippen LogP) is 2.54. The number of rotatable bonds is 6. The molecule has 1 saturated heterocycles. The fourth-order valence-electron chi connectivity index (χ4n) is 3.30. The third kappa shape index (κ3) is 6.80. The summed E-state index contributed by atoms with van der Waals surface area (Å²) in [6.45, 7) is 8.28. The van der Waals surface area contributed by atoms with Gasteiger partial charge in [0, 0.05) is 36.8 Å². The number of ether oxygens (including phenoxy) is 1. The second kappa shape index (κ2) is 10.4. The molecule has 8 heteroatoms. The van der Waals surface area contributed by atoms with Crippen molar-refractivity contribution in [1.29, 1.82) is 0 Å². The zero-order valence-electron chi connectivity index (χ0n) is 19.1. The van der Waals surface area contributed by atoms with Crippen LogP contribution >= 0.6 is 0 Å². The van der Waals surface area contributed by atoms with Crippen LogP contribution < -0.4 is 5.32 Å². The maximum Gasteiger partial charge on any atom is 0.310 e. The lowest BCUT2D eigenvalue weighted by molar-refractivity contribution is -0.151. The van der Waals surface area contributed by atoms with Crippen LogP contribution in [0.15, 0.2) is 24.3 Å². The van der Waals surface area contributed by atoms with E-state index in [1.165, 1.54) is 4.90 Å². The van der Waals surface area contributed by atoms with E-state index in [-0.39, 0.29) is 36.2 Å². The summed E-state index contributed by atoms with van der Waals surface area (Å²) >= 11 is 0. The Balaban J connectivity index is 1.99. The number of likely N-dealkylation sites (tertiary alicyclic amines) is 1. The molecule has 1 aliphatic heterocycles. The molecule has 1 unspecified atom stereocenters. The van der Waals surface area contributed by atoms with E-state index in [4.69, 9.17) is 4.74 Å². The number of hydrogen-bond donors (Lipinski definition) is 1. The van der Waals surface area contributed by atoms with Gasteiger partial charge in [0.2, 0.25) is 11.8 Å². The zero-order valence-corrected chi connectivity index (χ0v) is 19.1. The van der Waals surface area contributed by atoms with Crippen molar-refractivity contribution in [3.63, 3.8) is 0 Å². The summed E-state index contributed by atoms with van der Waals surface area (Å²) in [5.74, 6) is -1.27. The molecule has 3 amide bonds. The monoisotopic (exact) mass is 431 g/mol. The first-order valence-electron chi connectivity index (χ1n) is 10.6. The molecular weight excluding hydrogens is 398 g/mol. The summed E-state index contributed by atoms with van der Waals surface area (Å²) in [5, 5.41) is 2.81. The van der Waals surface area contributed by atoms with E-state index in [0.29, 0.717) is 37.4 Å². The zero-order chi connectivity index (χ0) is 23.2. The van der Waals surface area contributed by atoms with Crippen molar-refractivity contribution >= 4 is 29.4 Å². The SMILES string of the molecule is CCOC(=O)C1CCCN(C(=O)CN(C)C(=O)c2cccc(NC(=O)C(C)(C)C)c2)C1. The smallest absolute Gasteiger partial charge is 0.310 e. The molecule has 1 atom stereocenters. The molecule has 31 heavy (non-hydrogen) atoms. The lowest BCUT2D eigenvalue weighted by atomic mass is 9.95. The molecule has 0 radical (unpaired) electrons. The molecule has 170 valence electrons. The number of benzene rings is 1. The minimum atomic E-state index is -0.556. The van der Waals surface area contributed by atoms with Gasteiger partial charge in [-0.15, -0.1) is 0 Å². The van der Waals surface area contributed by atoms with E-state index in [9.17, 15) is 19.2 Å². The summed E-state index contributed by atoms with van der Waals surface area (Å²) in [6, 6.07) is 6.66. The van der Waals surface area contributed by atoms with Gasteiger partial charge in [0.25, 0.3) is 5.91 Å². The van der Waals surface area contributed by atoms with Gasteiger partial charge in [0.1, 0.15) is 0 Å². The van der Waals surface area contributed by atoms with Gasteiger partial charge in [-0.25, -0.2) is 0 Å². The first kappa shape index (κ1) is 24.4. The van der Waals surface area contributed by atoms with Gasteiger partial charge < -0.3 is 19.9 Å². The van der Waals surface area contributed by atoms with Crippen molar-refractivity contribution in [2.45, 2.75) is 40.5 Å². The number of hydrogen-bond acceptors (Lipinski definition) is 5. The van der Waals surface area contributed by atoms with Crippen LogP contribution in [-0.2, 0) is 19.1 Å². The van der Waals surface area contributed by atoms with E-state index < -0.39 is 5.41 Å². The molecule has 1 heterocycles. The van der Waals surface area contributed by atoms with Crippen molar-refractivity contribution in [1.82, 2.24) is 9.80 Å². The first-order valence-corrected chi connectivity index (χ1v) is 10.6. The average molecular weight is 432 g/mol. The summed E-state index contributed by atoms with van der Waals surface area (Å²) in [7, 11) is 1.56. The highest BCUT2D eigenvalue weighted by Crippen LogP contribution is 2.20. The van der Waals surface area contributed by atoms with Crippen LogP contribution in [0.3, 0.4) is 0 Å². The highest BCUT2D eigenvalue weighted by Gasteiger charge is 2.30. The third-order valence-electron chi connectivity index (χ3n) is 5.16. The summed E-state index contributed by atoms with van der Waals surface area (Å²) < 4.78 is 5.07. The molecule has 2 rings (SSSR count). The Kier molecular flexibility index (Phi) is 8.19. The molecule has 1 aliphatic rings. The van der Waals surface area contributed by atoms with Gasteiger partial charge >= 0.3 is 5.97 Å². The average Bonchev–Trinajstić information content (AvgIpc) is 2.72. The maximum absolute atomic E-state index is 12.8. The second-order valence-electron chi connectivity index (χ2n) is 8.88. The van der Waals surface area contributed by atoms with Crippen molar-refractivity contribution in [3.05, 3.63) is 29.8 Å². The van der Waals surface area contributed by atoms with E-state index in [1.807, 2.05) is 20.8 Å². The van der Waals surface area contributed by atoms with Crippen LogP contribution in [0.25, 0.3) is 0 Å². The normalized spacial score (nSPS) is 16.4. The molecule has 0 spiro atoms. The number of piperidine rings is 1. The largest absolute Gasteiger partial charge is 0.466 e. The molecular formula is C23H33N3O5. The highest BCUT2D eigenvalue weighted by molar-refractivity contribution is 5.99. The number of likely N-dealkylation sites (N-methyl/N-ethyl adjacent to an activating group) is 1. The van der Waals surface area contributed by atoms with Crippen LogP contribution in [0.4, 0.5) is 5.69 Å². The maximum atomic E-state index is 12.8. The molecule has 1 aromatic carbocycles. The standard InChI is InChI=1S/C23H33N3O5/c1-6-31-21(29)17-10-8-12-26(14-17)19(27)15-25(5)20(28)16-9-7-11-18(13-16)24-22(30)23(2,3)4/h7,9,11,13,17H,6,8,10,12,14-15H2,1-5H3,(H,24,30). The lowest BCUT2D eigenvalue weighted by Crippen LogP contribution is -2.47. The van der Waals surface area contributed by atoms with Gasteiger partial charge in [-0.1, -0.05) is 26.8 Å². The Hall–Kier alpha value is -2.90. The third-order valence-corrected chi connectivity index (χ3v) is 5.16. The fraction of sp³-hybridized carbons (Fsp3) is 0.565. The van der Waals surface area contributed by atoms with E-state index in [1.54, 1.807) is 43.1 Å². The quantitative estimate of drug-likeness (QED) is 0.699. The predicted molar refractivity (Wildman–Crippen MR) is 117 cm³/mol. The van der Waals surface area contributed by atoms with Crippen molar-refractivity contribution < 1.29 is 23.9 Å². The van der Waals surface area contributed by atoms with Gasteiger partial charge in [0.05, 0.1) is 19.1 Å². The van der Waals surface area contributed by atoms with Crippen LogP contribution in [0.1, 0.15) is 50.9 Å². The Morgan fingerprint density at radius 3 is 2.58 bits per heavy atom. The number of carbonyl (C=O) groups excluding carboxylic acids is 4. The molecule has 0 bridgehead atoms. The topological polar surface area (TPSA) is 96.0 Å². The van der Waals surface area contributed by atoms with Crippen molar-refractivity contribution in [2.24, 2.45) is 11.3 Å². The summed E-state index contributed by atoms with van der Waals surface area (Å²) in [4.78, 5) is 52.7. The Morgan fingerprint density at radius 1 is 1.23 bits per heavy atom. The number of nitrogens with one attached hydrogen (secondary N) is 1. The van der Waals surface area contributed by atoms with Gasteiger partial charge in [-0.3, -0.25) is 19.2 Å². The Labute approximate surface area is 183 Å². The Morgan fingerprint density at radius 2 is 1.94 bits per heavy atom. The van der Waals surface area contributed by atoms with Crippen molar-refractivity contribution in [3.8, 4) is 0 Å².